The van der Waals surface area contributed by atoms with Crippen LogP contribution in [0.4, 0.5) is 10.1 Å². The highest BCUT2D eigenvalue weighted by Crippen LogP contribution is 2.28. The second kappa shape index (κ2) is 5.12. The molecule has 0 spiro atoms. The van der Waals surface area contributed by atoms with Crippen LogP contribution in [0.2, 0.25) is 0 Å². The number of aryl methyl sites for hydroxylation is 2. The van der Waals surface area contributed by atoms with E-state index in [1.807, 2.05) is 19.9 Å². The fourth-order valence-corrected chi connectivity index (χ4v) is 2.37. The minimum atomic E-state index is -0.444. The number of aromatic nitrogens is 4. The Balaban J connectivity index is 2.37. The molecule has 108 valence electrons. The molecule has 1 aromatic carbocycles. The van der Waals surface area contributed by atoms with Crippen LogP contribution in [0.15, 0.2) is 24.4 Å². The largest absolute Gasteiger partial charge is 0.398 e. The fourth-order valence-electron chi connectivity index (χ4n) is 2.37. The van der Waals surface area contributed by atoms with Gasteiger partial charge in [-0.3, -0.25) is 4.98 Å². The molecule has 2 heterocycles. The molecule has 0 atom stereocenters. The van der Waals surface area contributed by atoms with Gasteiger partial charge in [-0.05, 0) is 18.2 Å². The number of halogens is 1. The number of pyridine rings is 1. The van der Waals surface area contributed by atoms with Crippen molar-refractivity contribution < 1.29 is 4.39 Å². The molecule has 0 amide bonds. The number of nitrogen functional groups attached to an aromatic ring is 1. The summed E-state index contributed by atoms with van der Waals surface area (Å²) in [5, 5.41) is 5.11. The Hall–Kier alpha value is -2.50. The number of hydrogen-bond donors (Lipinski definition) is 1. The van der Waals surface area contributed by atoms with Crippen molar-refractivity contribution in [3.05, 3.63) is 41.9 Å². The van der Waals surface area contributed by atoms with Gasteiger partial charge in [0, 0.05) is 30.1 Å². The maximum Gasteiger partial charge on any atom is 0.153 e. The van der Waals surface area contributed by atoms with Crippen LogP contribution in [0.3, 0.4) is 0 Å². The SMILES string of the molecule is CCc1nc(CC)n(-c2c(F)cc(N)c3cccnc23)n1. The average molecular weight is 285 g/mol. The Labute approximate surface area is 121 Å². The van der Waals surface area contributed by atoms with Crippen molar-refractivity contribution in [3.8, 4) is 5.69 Å². The summed E-state index contributed by atoms with van der Waals surface area (Å²) in [6, 6.07) is 4.91. The van der Waals surface area contributed by atoms with Gasteiger partial charge in [0.05, 0.1) is 0 Å². The van der Waals surface area contributed by atoms with Crippen molar-refractivity contribution in [2.45, 2.75) is 26.7 Å². The zero-order valence-corrected chi connectivity index (χ0v) is 12.0. The summed E-state index contributed by atoms with van der Waals surface area (Å²) in [7, 11) is 0. The van der Waals surface area contributed by atoms with E-state index in [0.717, 1.165) is 0 Å². The molecule has 2 aromatic heterocycles. The van der Waals surface area contributed by atoms with Gasteiger partial charge < -0.3 is 5.73 Å². The molecule has 3 aromatic rings. The molecule has 0 aliphatic carbocycles. The first-order valence-corrected chi connectivity index (χ1v) is 6.93. The van der Waals surface area contributed by atoms with E-state index >= 15 is 0 Å². The molecule has 5 nitrogen and oxygen atoms in total. The second-order valence-corrected chi connectivity index (χ2v) is 4.76. The van der Waals surface area contributed by atoms with Crippen LogP contribution in [0.25, 0.3) is 16.6 Å². The summed E-state index contributed by atoms with van der Waals surface area (Å²) in [6.45, 7) is 3.93. The molecule has 0 saturated heterocycles. The smallest absolute Gasteiger partial charge is 0.153 e. The number of benzene rings is 1. The molecule has 21 heavy (non-hydrogen) atoms. The van der Waals surface area contributed by atoms with Gasteiger partial charge >= 0.3 is 0 Å². The molecule has 0 unspecified atom stereocenters. The van der Waals surface area contributed by atoms with Gasteiger partial charge in [0.15, 0.2) is 11.6 Å². The van der Waals surface area contributed by atoms with Crippen LogP contribution in [-0.2, 0) is 12.8 Å². The topological polar surface area (TPSA) is 69.6 Å². The van der Waals surface area contributed by atoms with Crippen LogP contribution in [-0.4, -0.2) is 19.7 Å². The lowest BCUT2D eigenvalue weighted by atomic mass is 10.1. The molecule has 0 aliphatic rings. The van der Waals surface area contributed by atoms with Crippen molar-refractivity contribution in [1.29, 1.82) is 0 Å². The number of rotatable bonds is 3. The van der Waals surface area contributed by atoms with Gasteiger partial charge in [-0.25, -0.2) is 14.1 Å². The van der Waals surface area contributed by atoms with Gasteiger partial charge in [-0.15, -0.1) is 0 Å². The predicted octanol–water partition coefficient (Wildman–Crippen LogP) is 2.66. The molecule has 3 rings (SSSR count). The van der Waals surface area contributed by atoms with Gasteiger partial charge in [-0.1, -0.05) is 13.8 Å². The molecule has 0 bridgehead atoms. The molecular weight excluding hydrogens is 269 g/mol. The standard InChI is InChI=1S/C15H16FN5/c1-3-12-19-13(4-2)21(20-12)15-10(16)8-11(17)9-6-5-7-18-14(9)15/h5-8H,3-4,17H2,1-2H3. The summed E-state index contributed by atoms with van der Waals surface area (Å²) in [5.41, 5.74) is 7.06. The van der Waals surface area contributed by atoms with E-state index in [0.29, 0.717) is 46.8 Å². The molecule has 0 saturated carbocycles. The minimum absolute atomic E-state index is 0.309. The van der Waals surface area contributed by atoms with Gasteiger partial charge in [0.1, 0.15) is 17.0 Å². The van der Waals surface area contributed by atoms with Crippen molar-refractivity contribution in [3.63, 3.8) is 0 Å². The third-order valence-corrected chi connectivity index (χ3v) is 3.41. The minimum Gasteiger partial charge on any atom is -0.398 e. The summed E-state index contributed by atoms with van der Waals surface area (Å²) >= 11 is 0. The number of nitrogens with two attached hydrogens (primary N) is 1. The number of fused-ring (bicyclic) bond motifs is 1. The molecule has 0 fully saturated rings. The second-order valence-electron chi connectivity index (χ2n) is 4.76. The molecule has 6 heteroatoms. The van der Waals surface area contributed by atoms with E-state index in [1.54, 1.807) is 16.9 Å². The van der Waals surface area contributed by atoms with Crippen molar-refractivity contribution >= 4 is 16.6 Å². The lowest BCUT2D eigenvalue weighted by molar-refractivity contribution is 0.608. The highest BCUT2D eigenvalue weighted by atomic mass is 19.1. The third kappa shape index (κ3) is 2.12. The zero-order valence-electron chi connectivity index (χ0n) is 12.0. The van der Waals surface area contributed by atoms with Crippen LogP contribution in [0.1, 0.15) is 25.5 Å². The highest BCUT2D eigenvalue weighted by Gasteiger charge is 2.18. The lowest BCUT2D eigenvalue weighted by Gasteiger charge is -2.10. The first kappa shape index (κ1) is 13.5. The summed E-state index contributed by atoms with van der Waals surface area (Å²) < 4.78 is 16.0. The normalized spacial score (nSPS) is 11.2. The maximum atomic E-state index is 14.5. The fraction of sp³-hybridized carbons (Fsp3) is 0.267. The van der Waals surface area contributed by atoms with E-state index in [1.165, 1.54) is 6.07 Å². The van der Waals surface area contributed by atoms with E-state index in [9.17, 15) is 4.39 Å². The summed E-state index contributed by atoms with van der Waals surface area (Å²) in [5.74, 6) is 0.954. The van der Waals surface area contributed by atoms with Crippen molar-refractivity contribution in [2.24, 2.45) is 0 Å². The molecule has 0 radical (unpaired) electrons. The van der Waals surface area contributed by atoms with Crippen molar-refractivity contribution in [2.75, 3.05) is 5.73 Å². The van der Waals surface area contributed by atoms with Gasteiger partial charge in [-0.2, -0.15) is 5.10 Å². The Morgan fingerprint density at radius 3 is 2.81 bits per heavy atom. The van der Waals surface area contributed by atoms with Gasteiger partial charge in [0.25, 0.3) is 0 Å². The highest BCUT2D eigenvalue weighted by molar-refractivity contribution is 5.95. The lowest BCUT2D eigenvalue weighted by Crippen LogP contribution is -2.07. The first-order chi connectivity index (χ1) is 10.2. The van der Waals surface area contributed by atoms with Crippen LogP contribution in [0.5, 0.6) is 0 Å². The third-order valence-electron chi connectivity index (χ3n) is 3.41. The molecule has 2 N–H and O–H groups in total. The Morgan fingerprint density at radius 1 is 1.29 bits per heavy atom. The Morgan fingerprint density at radius 2 is 2.10 bits per heavy atom. The maximum absolute atomic E-state index is 14.5. The number of nitrogens with zero attached hydrogens (tertiary/aromatic N) is 4. The molecule has 0 aliphatic heterocycles. The summed E-state index contributed by atoms with van der Waals surface area (Å²) in [6.07, 6.45) is 2.97. The Bertz CT molecular complexity index is 809. The van der Waals surface area contributed by atoms with E-state index in [-0.39, 0.29) is 0 Å². The zero-order chi connectivity index (χ0) is 15.0. The Kier molecular flexibility index (Phi) is 3.29. The quantitative estimate of drug-likeness (QED) is 0.751. The van der Waals surface area contributed by atoms with E-state index in [2.05, 4.69) is 15.1 Å². The van der Waals surface area contributed by atoms with Crippen molar-refractivity contribution in [1.82, 2.24) is 19.7 Å². The van der Waals surface area contributed by atoms with E-state index < -0.39 is 5.82 Å². The molecular formula is C15H16FN5. The number of hydrogen-bond acceptors (Lipinski definition) is 4. The predicted molar refractivity (Wildman–Crippen MR) is 79.8 cm³/mol. The van der Waals surface area contributed by atoms with Crippen LogP contribution in [0, 0.1) is 5.82 Å². The van der Waals surface area contributed by atoms with E-state index in [4.69, 9.17) is 5.73 Å². The summed E-state index contributed by atoms with van der Waals surface area (Å²) in [4.78, 5) is 8.70. The number of anilines is 1. The monoisotopic (exact) mass is 285 g/mol. The van der Waals surface area contributed by atoms with Gasteiger partial charge in [0.2, 0.25) is 0 Å². The van der Waals surface area contributed by atoms with Crippen LogP contribution >= 0.6 is 0 Å². The van der Waals surface area contributed by atoms with Crippen LogP contribution < -0.4 is 5.73 Å². The average Bonchev–Trinajstić information content (AvgIpc) is 2.90. The first-order valence-electron chi connectivity index (χ1n) is 6.93.